The van der Waals surface area contributed by atoms with E-state index in [1.54, 1.807) is 0 Å². The van der Waals surface area contributed by atoms with Crippen LogP contribution in [0.25, 0.3) is 0 Å². The Morgan fingerprint density at radius 2 is 2.28 bits per heavy atom. The number of aryl methyl sites for hydroxylation is 1. The second-order valence-corrected chi connectivity index (χ2v) is 5.47. The molecule has 0 unspecified atom stereocenters. The fraction of sp³-hybridized carbons (Fsp3) is 0.643. The zero-order valence-corrected chi connectivity index (χ0v) is 11.8. The number of aromatic nitrogens is 2. The quantitative estimate of drug-likeness (QED) is 0.755. The molecule has 2 rings (SSSR count). The number of rotatable bonds is 4. The monoisotopic (exact) mass is 248 g/mol. The Balaban J connectivity index is 1.90. The van der Waals surface area contributed by atoms with Crippen molar-refractivity contribution in [2.24, 2.45) is 7.05 Å². The van der Waals surface area contributed by atoms with E-state index in [2.05, 4.69) is 46.8 Å². The molecule has 0 aromatic carbocycles. The topological polar surface area (TPSA) is 24.3 Å². The smallest absolute Gasteiger partial charge is 0.122 e. The van der Waals surface area contributed by atoms with Crippen LogP contribution in [-0.2, 0) is 13.6 Å². The standard InChI is InChI=1S/C14H24N4/c1-12(2)9-17-7-8-18(13(3)10-17)11-14-15-5-6-16(14)4/h5-6,13H,1,7-11H2,2-4H3/t13-/m0/s1. The van der Waals surface area contributed by atoms with Gasteiger partial charge in [0.15, 0.2) is 0 Å². The van der Waals surface area contributed by atoms with Crippen LogP contribution in [0.2, 0.25) is 0 Å². The summed E-state index contributed by atoms with van der Waals surface area (Å²) in [5.74, 6) is 1.15. The first-order valence-electron chi connectivity index (χ1n) is 6.63. The fourth-order valence-electron chi connectivity index (χ4n) is 2.56. The van der Waals surface area contributed by atoms with Crippen LogP contribution in [0.1, 0.15) is 19.7 Å². The van der Waals surface area contributed by atoms with Gasteiger partial charge in [0.2, 0.25) is 0 Å². The molecule has 1 atom stereocenters. The van der Waals surface area contributed by atoms with Crippen molar-refractivity contribution in [3.8, 4) is 0 Å². The van der Waals surface area contributed by atoms with Gasteiger partial charge in [-0.3, -0.25) is 9.80 Å². The number of imidazole rings is 1. The lowest BCUT2D eigenvalue weighted by Gasteiger charge is -2.39. The lowest BCUT2D eigenvalue weighted by Crippen LogP contribution is -2.51. The molecule has 0 aliphatic carbocycles. The zero-order chi connectivity index (χ0) is 13.1. The van der Waals surface area contributed by atoms with Gasteiger partial charge in [-0.25, -0.2) is 4.98 Å². The van der Waals surface area contributed by atoms with Gasteiger partial charge >= 0.3 is 0 Å². The molecule has 100 valence electrons. The maximum absolute atomic E-state index is 4.41. The fourth-order valence-corrected chi connectivity index (χ4v) is 2.56. The van der Waals surface area contributed by atoms with Gasteiger partial charge < -0.3 is 4.57 Å². The molecule has 1 aliphatic rings. The lowest BCUT2D eigenvalue weighted by atomic mass is 10.1. The number of piperazine rings is 1. The molecule has 1 aromatic heterocycles. The van der Waals surface area contributed by atoms with Crippen LogP contribution in [0, 0.1) is 0 Å². The van der Waals surface area contributed by atoms with Gasteiger partial charge in [0.25, 0.3) is 0 Å². The van der Waals surface area contributed by atoms with E-state index in [1.807, 2.05) is 12.4 Å². The molecule has 0 spiro atoms. The van der Waals surface area contributed by atoms with Crippen molar-refractivity contribution in [2.45, 2.75) is 26.4 Å². The second-order valence-electron chi connectivity index (χ2n) is 5.47. The lowest BCUT2D eigenvalue weighted by molar-refractivity contribution is 0.0807. The minimum atomic E-state index is 0.579. The maximum Gasteiger partial charge on any atom is 0.122 e. The van der Waals surface area contributed by atoms with Crippen LogP contribution in [0.5, 0.6) is 0 Å². The molecule has 1 fully saturated rings. The van der Waals surface area contributed by atoms with Crippen molar-refractivity contribution >= 4 is 0 Å². The molecule has 1 aliphatic heterocycles. The summed E-state index contributed by atoms with van der Waals surface area (Å²) in [5, 5.41) is 0. The normalized spacial score (nSPS) is 22.3. The summed E-state index contributed by atoms with van der Waals surface area (Å²) in [7, 11) is 2.06. The van der Waals surface area contributed by atoms with Crippen LogP contribution in [0.3, 0.4) is 0 Å². The highest BCUT2D eigenvalue weighted by Gasteiger charge is 2.24. The van der Waals surface area contributed by atoms with Crippen LogP contribution >= 0.6 is 0 Å². The first-order valence-corrected chi connectivity index (χ1v) is 6.63. The van der Waals surface area contributed by atoms with E-state index in [0.29, 0.717) is 6.04 Å². The molecule has 4 heteroatoms. The summed E-state index contributed by atoms with van der Waals surface area (Å²) in [6, 6.07) is 0.579. The summed E-state index contributed by atoms with van der Waals surface area (Å²) in [6.45, 7) is 13.7. The van der Waals surface area contributed by atoms with E-state index in [-0.39, 0.29) is 0 Å². The predicted octanol–water partition coefficient (Wildman–Crippen LogP) is 1.50. The first kappa shape index (κ1) is 13.3. The zero-order valence-electron chi connectivity index (χ0n) is 11.8. The van der Waals surface area contributed by atoms with Crippen molar-refractivity contribution in [1.82, 2.24) is 19.4 Å². The van der Waals surface area contributed by atoms with E-state index in [9.17, 15) is 0 Å². The molecular formula is C14H24N4. The van der Waals surface area contributed by atoms with Gasteiger partial charge in [-0.15, -0.1) is 0 Å². The second kappa shape index (κ2) is 5.67. The molecule has 2 heterocycles. The predicted molar refractivity (Wildman–Crippen MR) is 74.3 cm³/mol. The molecule has 0 bridgehead atoms. The van der Waals surface area contributed by atoms with E-state index >= 15 is 0 Å². The maximum atomic E-state index is 4.41. The summed E-state index contributed by atoms with van der Waals surface area (Å²) >= 11 is 0. The van der Waals surface area contributed by atoms with Crippen molar-refractivity contribution in [1.29, 1.82) is 0 Å². The average molecular weight is 248 g/mol. The summed E-state index contributed by atoms with van der Waals surface area (Å²) in [4.78, 5) is 9.40. The van der Waals surface area contributed by atoms with E-state index in [1.165, 1.54) is 5.57 Å². The highest BCUT2D eigenvalue weighted by Crippen LogP contribution is 2.13. The van der Waals surface area contributed by atoms with Crippen LogP contribution in [0.4, 0.5) is 0 Å². The summed E-state index contributed by atoms with van der Waals surface area (Å²) in [6.07, 6.45) is 3.88. The Hall–Kier alpha value is -1.13. The number of hydrogen-bond donors (Lipinski definition) is 0. The van der Waals surface area contributed by atoms with Gasteiger partial charge in [0.1, 0.15) is 5.82 Å². The molecule has 0 amide bonds. The van der Waals surface area contributed by atoms with Gasteiger partial charge in [0.05, 0.1) is 6.54 Å². The summed E-state index contributed by atoms with van der Waals surface area (Å²) in [5.41, 5.74) is 1.25. The molecule has 0 radical (unpaired) electrons. The van der Waals surface area contributed by atoms with Gasteiger partial charge in [0, 0.05) is 51.7 Å². The Morgan fingerprint density at radius 1 is 1.50 bits per heavy atom. The van der Waals surface area contributed by atoms with Gasteiger partial charge in [-0.2, -0.15) is 0 Å². The van der Waals surface area contributed by atoms with Crippen LogP contribution < -0.4 is 0 Å². The van der Waals surface area contributed by atoms with Gasteiger partial charge in [-0.1, -0.05) is 12.2 Å². The Kier molecular flexibility index (Phi) is 4.19. The SMILES string of the molecule is C=C(C)CN1CCN(Cc2nccn2C)[C@@H](C)C1. The van der Waals surface area contributed by atoms with Crippen molar-refractivity contribution in [2.75, 3.05) is 26.2 Å². The van der Waals surface area contributed by atoms with Crippen molar-refractivity contribution in [3.05, 3.63) is 30.4 Å². The first-order chi connectivity index (χ1) is 8.56. The highest BCUT2D eigenvalue weighted by molar-refractivity contribution is 4.96. The molecule has 0 N–H and O–H groups in total. The van der Waals surface area contributed by atoms with Crippen LogP contribution in [-0.4, -0.2) is 51.6 Å². The molecule has 18 heavy (non-hydrogen) atoms. The molecular weight excluding hydrogens is 224 g/mol. The van der Waals surface area contributed by atoms with Crippen molar-refractivity contribution < 1.29 is 0 Å². The van der Waals surface area contributed by atoms with Crippen molar-refractivity contribution in [3.63, 3.8) is 0 Å². The Labute approximate surface area is 110 Å². The molecule has 4 nitrogen and oxygen atoms in total. The largest absolute Gasteiger partial charge is 0.337 e. The molecule has 1 aromatic rings. The average Bonchev–Trinajstić information content (AvgIpc) is 2.67. The van der Waals surface area contributed by atoms with E-state index in [4.69, 9.17) is 0 Å². The minimum Gasteiger partial charge on any atom is -0.337 e. The van der Waals surface area contributed by atoms with Gasteiger partial charge in [-0.05, 0) is 13.8 Å². The molecule has 0 saturated carbocycles. The summed E-state index contributed by atoms with van der Waals surface area (Å²) < 4.78 is 2.10. The Morgan fingerprint density at radius 3 is 2.83 bits per heavy atom. The third-order valence-electron chi connectivity index (χ3n) is 3.61. The van der Waals surface area contributed by atoms with E-state index in [0.717, 1.165) is 38.5 Å². The molecule has 1 saturated heterocycles. The third kappa shape index (κ3) is 3.21. The highest BCUT2D eigenvalue weighted by atomic mass is 15.3. The third-order valence-corrected chi connectivity index (χ3v) is 3.61. The van der Waals surface area contributed by atoms with Crippen LogP contribution in [0.15, 0.2) is 24.5 Å². The Bertz CT molecular complexity index is 410. The van der Waals surface area contributed by atoms with E-state index < -0.39 is 0 Å². The minimum absolute atomic E-state index is 0.579. The number of nitrogens with zero attached hydrogens (tertiary/aromatic N) is 4. The number of hydrogen-bond acceptors (Lipinski definition) is 3.